The summed E-state index contributed by atoms with van der Waals surface area (Å²) in [6.45, 7) is 0. The molecule has 1 fully saturated rings. The fraction of sp³-hybridized carbons (Fsp3) is 0.636. The molecule has 0 aromatic carbocycles. The minimum Gasteiger partial charge on any atom is -0.321 e. The second-order valence-corrected chi connectivity index (χ2v) is 4.00. The van der Waals surface area contributed by atoms with Gasteiger partial charge in [-0.05, 0) is 31.3 Å². The van der Waals surface area contributed by atoms with Gasteiger partial charge in [0.15, 0.2) is 0 Å². The van der Waals surface area contributed by atoms with Crippen molar-refractivity contribution in [1.82, 2.24) is 0 Å². The van der Waals surface area contributed by atoms with E-state index in [2.05, 4.69) is 18.2 Å². The lowest BCUT2D eigenvalue weighted by atomic mass is 9.86. The third-order valence-electron chi connectivity index (χ3n) is 3.07. The first kappa shape index (κ1) is 8.06. The molecule has 0 radical (unpaired) electrons. The average Bonchev–Trinajstić information content (AvgIpc) is 2.55. The van der Waals surface area contributed by atoms with Gasteiger partial charge in [-0.3, -0.25) is 0 Å². The number of hydrogen-bond donors (Lipinski definition) is 1. The molecular weight excluding hydrogens is 146 g/mol. The summed E-state index contributed by atoms with van der Waals surface area (Å²) in [5.74, 6) is 0. The summed E-state index contributed by atoms with van der Waals surface area (Å²) in [5, 5.41) is 0. The smallest absolute Gasteiger partial charge is 0.0406 e. The maximum absolute atomic E-state index is 6.31. The van der Waals surface area contributed by atoms with E-state index in [1.807, 2.05) is 0 Å². The van der Waals surface area contributed by atoms with E-state index in [9.17, 15) is 0 Å². The summed E-state index contributed by atoms with van der Waals surface area (Å²) in [7, 11) is 0. The largest absolute Gasteiger partial charge is 0.321 e. The molecular formula is C11H17N. The summed E-state index contributed by atoms with van der Waals surface area (Å²) in [4.78, 5) is 0. The molecule has 0 amide bonds. The van der Waals surface area contributed by atoms with Crippen LogP contribution in [0.5, 0.6) is 0 Å². The molecule has 66 valence electrons. The average molecular weight is 163 g/mol. The van der Waals surface area contributed by atoms with Crippen LogP contribution >= 0.6 is 0 Å². The molecule has 0 aromatic heterocycles. The minimum atomic E-state index is 0.0386. The Morgan fingerprint density at radius 1 is 1.17 bits per heavy atom. The molecule has 0 aliphatic heterocycles. The molecule has 1 nitrogen and oxygen atoms in total. The number of nitrogens with two attached hydrogens (primary N) is 1. The lowest BCUT2D eigenvalue weighted by Gasteiger charge is -2.26. The van der Waals surface area contributed by atoms with Crippen molar-refractivity contribution in [2.45, 2.75) is 44.1 Å². The van der Waals surface area contributed by atoms with Gasteiger partial charge in [0.1, 0.15) is 0 Å². The van der Waals surface area contributed by atoms with Crippen LogP contribution in [-0.4, -0.2) is 5.54 Å². The van der Waals surface area contributed by atoms with E-state index in [0.29, 0.717) is 0 Å². The molecule has 2 aliphatic carbocycles. The Balaban J connectivity index is 2.16. The molecule has 0 bridgehead atoms. The van der Waals surface area contributed by atoms with E-state index in [4.69, 9.17) is 5.73 Å². The second kappa shape index (κ2) is 3.06. The first-order valence-corrected chi connectivity index (χ1v) is 4.97. The monoisotopic (exact) mass is 163 g/mol. The maximum Gasteiger partial charge on any atom is 0.0406 e. The molecule has 0 saturated heterocycles. The van der Waals surface area contributed by atoms with Crippen LogP contribution in [0.1, 0.15) is 38.5 Å². The predicted octanol–water partition coefficient (Wildman–Crippen LogP) is 2.53. The normalized spacial score (nSPS) is 27.2. The van der Waals surface area contributed by atoms with E-state index in [1.165, 1.54) is 44.1 Å². The topological polar surface area (TPSA) is 26.0 Å². The molecule has 2 aliphatic rings. The molecule has 0 atom stereocenters. The first-order chi connectivity index (χ1) is 5.81. The summed E-state index contributed by atoms with van der Waals surface area (Å²) in [5.41, 5.74) is 7.75. The van der Waals surface area contributed by atoms with Crippen LogP contribution < -0.4 is 5.73 Å². The van der Waals surface area contributed by atoms with Crippen LogP contribution in [0.2, 0.25) is 0 Å². The molecule has 12 heavy (non-hydrogen) atoms. The highest BCUT2D eigenvalue weighted by Crippen LogP contribution is 2.35. The van der Waals surface area contributed by atoms with Crippen molar-refractivity contribution in [3.8, 4) is 0 Å². The summed E-state index contributed by atoms with van der Waals surface area (Å²) in [6.07, 6.45) is 14.2. The van der Waals surface area contributed by atoms with Gasteiger partial charge in [-0.25, -0.2) is 0 Å². The van der Waals surface area contributed by atoms with Gasteiger partial charge in [0, 0.05) is 5.54 Å². The van der Waals surface area contributed by atoms with Gasteiger partial charge >= 0.3 is 0 Å². The van der Waals surface area contributed by atoms with Crippen molar-refractivity contribution in [1.29, 1.82) is 0 Å². The predicted molar refractivity (Wildman–Crippen MR) is 51.8 cm³/mol. The molecule has 0 aromatic rings. The van der Waals surface area contributed by atoms with E-state index in [0.717, 1.165) is 0 Å². The SMILES string of the molecule is NC1(C2=CCCC=C2)CCCC1. The Bertz CT molecular complexity index is 219. The minimum absolute atomic E-state index is 0.0386. The van der Waals surface area contributed by atoms with Crippen molar-refractivity contribution in [3.05, 3.63) is 23.8 Å². The third-order valence-corrected chi connectivity index (χ3v) is 3.07. The van der Waals surface area contributed by atoms with Crippen LogP contribution in [0.25, 0.3) is 0 Å². The van der Waals surface area contributed by atoms with E-state index >= 15 is 0 Å². The van der Waals surface area contributed by atoms with E-state index in [1.54, 1.807) is 0 Å². The first-order valence-electron chi connectivity index (χ1n) is 4.97. The molecule has 0 spiro atoms. The third kappa shape index (κ3) is 1.34. The lowest BCUT2D eigenvalue weighted by molar-refractivity contribution is 0.523. The Kier molecular flexibility index (Phi) is 2.05. The van der Waals surface area contributed by atoms with Gasteiger partial charge in [-0.1, -0.05) is 31.1 Å². The molecule has 1 heteroatoms. The second-order valence-electron chi connectivity index (χ2n) is 4.00. The quantitative estimate of drug-likeness (QED) is 0.631. The highest BCUT2D eigenvalue weighted by molar-refractivity contribution is 5.33. The number of rotatable bonds is 1. The fourth-order valence-electron chi connectivity index (χ4n) is 2.28. The summed E-state index contributed by atoms with van der Waals surface area (Å²) >= 11 is 0. The van der Waals surface area contributed by atoms with Gasteiger partial charge < -0.3 is 5.73 Å². The number of allylic oxidation sites excluding steroid dienone is 2. The van der Waals surface area contributed by atoms with Gasteiger partial charge in [0.05, 0.1) is 0 Å². The van der Waals surface area contributed by atoms with E-state index in [-0.39, 0.29) is 5.54 Å². The van der Waals surface area contributed by atoms with E-state index < -0.39 is 0 Å². The fourth-order valence-corrected chi connectivity index (χ4v) is 2.28. The Hall–Kier alpha value is -0.560. The summed E-state index contributed by atoms with van der Waals surface area (Å²) < 4.78 is 0. The van der Waals surface area contributed by atoms with Gasteiger partial charge in [0.25, 0.3) is 0 Å². The summed E-state index contributed by atoms with van der Waals surface area (Å²) in [6, 6.07) is 0. The highest BCUT2D eigenvalue weighted by atomic mass is 14.8. The van der Waals surface area contributed by atoms with Crippen molar-refractivity contribution < 1.29 is 0 Å². The maximum atomic E-state index is 6.31. The van der Waals surface area contributed by atoms with Gasteiger partial charge in [-0.15, -0.1) is 0 Å². The standard InChI is InChI=1S/C11H17N/c12-11(8-4-5-9-11)10-6-2-1-3-7-10/h2,6-7H,1,3-5,8-9,12H2. The van der Waals surface area contributed by atoms with Crippen LogP contribution in [0.3, 0.4) is 0 Å². The Labute approximate surface area is 74.3 Å². The van der Waals surface area contributed by atoms with Crippen molar-refractivity contribution >= 4 is 0 Å². The molecule has 2 N–H and O–H groups in total. The number of hydrogen-bond acceptors (Lipinski definition) is 1. The van der Waals surface area contributed by atoms with Crippen LogP contribution in [-0.2, 0) is 0 Å². The lowest BCUT2D eigenvalue weighted by Crippen LogP contribution is -2.38. The Morgan fingerprint density at radius 2 is 1.92 bits per heavy atom. The molecule has 1 saturated carbocycles. The Morgan fingerprint density at radius 3 is 2.50 bits per heavy atom. The zero-order valence-electron chi connectivity index (χ0n) is 7.55. The van der Waals surface area contributed by atoms with Gasteiger partial charge in [-0.2, -0.15) is 0 Å². The van der Waals surface area contributed by atoms with Crippen molar-refractivity contribution in [3.63, 3.8) is 0 Å². The zero-order valence-corrected chi connectivity index (χ0v) is 7.55. The van der Waals surface area contributed by atoms with Crippen molar-refractivity contribution in [2.24, 2.45) is 5.73 Å². The molecule has 2 rings (SSSR count). The van der Waals surface area contributed by atoms with Crippen LogP contribution in [0, 0.1) is 0 Å². The molecule has 0 heterocycles. The van der Waals surface area contributed by atoms with Crippen LogP contribution in [0.15, 0.2) is 23.8 Å². The zero-order chi connectivity index (χ0) is 8.44. The van der Waals surface area contributed by atoms with Crippen LogP contribution in [0.4, 0.5) is 0 Å². The van der Waals surface area contributed by atoms with Gasteiger partial charge in [0.2, 0.25) is 0 Å². The molecule has 0 unspecified atom stereocenters. The van der Waals surface area contributed by atoms with Crippen molar-refractivity contribution in [2.75, 3.05) is 0 Å². The highest BCUT2D eigenvalue weighted by Gasteiger charge is 2.31.